The number of rotatable bonds is 9. The number of hydrogen-bond acceptors (Lipinski definition) is 3. The van der Waals surface area contributed by atoms with Crippen LogP contribution in [0.4, 0.5) is 0 Å². The fourth-order valence-electron chi connectivity index (χ4n) is 2.60. The van der Waals surface area contributed by atoms with Gasteiger partial charge in [0.05, 0.1) is 4.90 Å². The Kier molecular flexibility index (Phi) is 7.63. The molecule has 2 aromatic carbocycles. The summed E-state index contributed by atoms with van der Waals surface area (Å²) in [6.07, 6.45) is 3.54. The summed E-state index contributed by atoms with van der Waals surface area (Å²) in [4.78, 5) is 12.0. The molecule has 140 valence electrons. The predicted molar refractivity (Wildman–Crippen MR) is 104 cm³/mol. The number of hydrogen-bond donors (Lipinski definition) is 2. The molecule has 5 nitrogen and oxygen atoms in total. The van der Waals surface area contributed by atoms with Crippen molar-refractivity contribution in [1.29, 1.82) is 0 Å². The zero-order valence-corrected chi connectivity index (χ0v) is 16.0. The number of benzene rings is 2. The Morgan fingerprint density at radius 2 is 1.69 bits per heavy atom. The number of primary sulfonamides is 1. The fourth-order valence-corrected chi connectivity index (χ4v) is 3.34. The van der Waals surface area contributed by atoms with Gasteiger partial charge in [0.1, 0.15) is 0 Å². The van der Waals surface area contributed by atoms with E-state index in [4.69, 9.17) is 16.7 Å². The lowest BCUT2D eigenvalue weighted by molar-refractivity contribution is -0.121. The Balaban J connectivity index is 1.63. The highest BCUT2D eigenvalue weighted by Crippen LogP contribution is 2.17. The second-order valence-corrected chi connectivity index (χ2v) is 8.06. The molecule has 3 N–H and O–H groups in total. The lowest BCUT2D eigenvalue weighted by atomic mass is 10.1. The van der Waals surface area contributed by atoms with Gasteiger partial charge in [-0.15, -0.1) is 0 Å². The molecule has 0 atom stereocenters. The van der Waals surface area contributed by atoms with Crippen molar-refractivity contribution >= 4 is 27.5 Å². The van der Waals surface area contributed by atoms with Crippen LogP contribution in [0.5, 0.6) is 0 Å². The topological polar surface area (TPSA) is 89.3 Å². The number of carbonyl (C=O) groups is 1. The first-order valence-corrected chi connectivity index (χ1v) is 10.4. The van der Waals surface area contributed by atoms with Crippen LogP contribution in [0.15, 0.2) is 53.4 Å². The van der Waals surface area contributed by atoms with Gasteiger partial charge >= 0.3 is 0 Å². The van der Waals surface area contributed by atoms with Crippen molar-refractivity contribution in [3.63, 3.8) is 0 Å². The van der Waals surface area contributed by atoms with Crippen LogP contribution >= 0.6 is 11.6 Å². The highest BCUT2D eigenvalue weighted by molar-refractivity contribution is 7.89. The summed E-state index contributed by atoms with van der Waals surface area (Å²) in [5.41, 5.74) is 2.07. The molecule has 0 bridgehead atoms. The van der Waals surface area contributed by atoms with Gasteiger partial charge in [-0.05, 0) is 55.0 Å². The molecule has 2 aromatic rings. The third kappa shape index (κ3) is 6.78. The normalized spacial score (nSPS) is 11.3. The first-order valence-electron chi connectivity index (χ1n) is 8.48. The van der Waals surface area contributed by atoms with Gasteiger partial charge in [-0.1, -0.05) is 41.9 Å². The monoisotopic (exact) mass is 394 g/mol. The summed E-state index contributed by atoms with van der Waals surface area (Å²) >= 11 is 6.09. The van der Waals surface area contributed by atoms with Crippen LogP contribution in [0.2, 0.25) is 5.02 Å². The summed E-state index contributed by atoms with van der Waals surface area (Å²) in [5.74, 6) is 0.0293. The molecular formula is C19H23ClN2O3S. The largest absolute Gasteiger partial charge is 0.356 e. The molecule has 0 fully saturated rings. The quantitative estimate of drug-likeness (QED) is 0.640. The molecule has 0 radical (unpaired) electrons. The SMILES string of the molecule is NS(=O)(=O)c1ccc(CCCNC(=O)CCCc2ccccc2Cl)cc1. The van der Waals surface area contributed by atoms with Crippen LogP contribution in [0, 0.1) is 0 Å². The third-order valence-corrected chi connectivity index (χ3v) is 5.32. The lowest BCUT2D eigenvalue weighted by Crippen LogP contribution is -2.24. The zero-order chi connectivity index (χ0) is 19.0. The van der Waals surface area contributed by atoms with Gasteiger partial charge in [0.2, 0.25) is 15.9 Å². The molecule has 0 saturated carbocycles. The molecule has 26 heavy (non-hydrogen) atoms. The van der Waals surface area contributed by atoms with E-state index in [1.807, 2.05) is 24.3 Å². The standard InChI is InChI=1S/C19H23ClN2O3S/c20-18-8-2-1-6-16(18)7-3-9-19(23)22-14-4-5-15-10-12-17(13-11-15)26(21,24)25/h1-2,6,8,10-13H,3-5,7,9,14H2,(H,22,23)(H2,21,24,25). The van der Waals surface area contributed by atoms with E-state index in [0.29, 0.717) is 13.0 Å². The molecule has 1 amide bonds. The van der Waals surface area contributed by atoms with E-state index in [1.54, 1.807) is 12.1 Å². The van der Waals surface area contributed by atoms with Crippen LogP contribution in [-0.2, 0) is 27.7 Å². The van der Waals surface area contributed by atoms with E-state index in [9.17, 15) is 13.2 Å². The zero-order valence-electron chi connectivity index (χ0n) is 14.4. The van der Waals surface area contributed by atoms with E-state index in [2.05, 4.69) is 5.32 Å². The second kappa shape index (κ2) is 9.71. The smallest absolute Gasteiger partial charge is 0.238 e. The maximum absolute atomic E-state index is 11.9. The van der Waals surface area contributed by atoms with Crippen LogP contribution < -0.4 is 10.5 Å². The Hall–Kier alpha value is -1.89. The van der Waals surface area contributed by atoms with Crippen LogP contribution in [-0.4, -0.2) is 20.9 Å². The maximum atomic E-state index is 11.9. The van der Waals surface area contributed by atoms with Gasteiger partial charge < -0.3 is 5.32 Å². The first-order chi connectivity index (χ1) is 12.4. The van der Waals surface area contributed by atoms with Gasteiger partial charge in [-0.2, -0.15) is 0 Å². The van der Waals surface area contributed by atoms with Crippen molar-refractivity contribution in [1.82, 2.24) is 5.32 Å². The minimum absolute atomic E-state index is 0.0293. The Morgan fingerprint density at radius 3 is 2.35 bits per heavy atom. The van der Waals surface area contributed by atoms with Crippen LogP contribution in [0.1, 0.15) is 30.4 Å². The van der Waals surface area contributed by atoms with Crippen LogP contribution in [0.3, 0.4) is 0 Å². The van der Waals surface area contributed by atoms with Crippen molar-refractivity contribution < 1.29 is 13.2 Å². The van der Waals surface area contributed by atoms with Gasteiger partial charge in [-0.3, -0.25) is 4.79 Å². The maximum Gasteiger partial charge on any atom is 0.238 e. The molecule has 2 rings (SSSR count). The number of carbonyl (C=O) groups excluding carboxylic acids is 1. The van der Waals surface area contributed by atoms with E-state index in [0.717, 1.165) is 41.8 Å². The molecule has 0 heterocycles. The number of nitrogens with two attached hydrogens (primary N) is 1. The Morgan fingerprint density at radius 1 is 1.00 bits per heavy atom. The molecule has 0 aliphatic heterocycles. The average Bonchev–Trinajstić information content (AvgIpc) is 2.60. The van der Waals surface area contributed by atoms with E-state index in [-0.39, 0.29) is 10.8 Å². The van der Waals surface area contributed by atoms with E-state index in [1.165, 1.54) is 12.1 Å². The summed E-state index contributed by atoms with van der Waals surface area (Å²) in [7, 11) is -3.65. The van der Waals surface area contributed by atoms with Crippen molar-refractivity contribution in [2.24, 2.45) is 5.14 Å². The number of aryl methyl sites for hydroxylation is 2. The van der Waals surface area contributed by atoms with Gasteiger partial charge in [0.25, 0.3) is 0 Å². The molecule has 0 aliphatic rings. The molecule has 7 heteroatoms. The van der Waals surface area contributed by atoms with Gasteiger partial charge in [0.15, 0.2) is 0 Å². The van der Waals surface area contributed by atoms with Crippen molar-refractivity contribution in [2.75, 3.05) is 6.54 Å². The van der Waals surface area contributed by atoms with Crippen molar-refractivity contribution in [3.05, 3.63) is 64.7 Å². The number of amides is 1. The second-order valence-electron chi connectivity index (χ2n) is 6.09. The van der Waals surface area contributed by atoms with Gasteiger partial charge in [0, 0.05) is 18.0 Å². The average molecular weight is 395 g/mol. The number of halogens is 1. The van der Waals surface area contributed by atoms with Crippen LogP contribution in [0.25, 0.3) is 0 Å². The number of sulfonamides is 1. The molecule has 0 aromatic heterocycles. The van der Waals surface area contributed by atoms with Crippen molar-refractivity contribution in [2.45, 2.75) is 37.0 Å². The summed E-state index contributed by atoms with van der Waals surface area (Å²) in [6, 6.07) is 14.1. The first kappa shape index (κ1) is 20.4. The highest BCUT2D eigenvalue weighted by atomic mass is 35.5. The summed E-state index contributed by atoms with van der Waals surface area (Å²) in [5, 5.41) is 8.70. The molecule has 0 unspecified atom stereocenters. The fraction of sp³-hybridized carbons (Fsp3) is 0.316. The summed E-state index contributed by atoms with van der Waals surface area (Å²) < 4.78 is 22.4. The van der Waals surface area contributed by atoms with E-state index >= 15 is 0 Å². The molecule has 0 spiro atoms. The molecular weight excluding hydrogens is 372 g/mol. The Labute approximate surface area is 159 Å². The van der Waals surface area contributed by atoms with E-state index < -0.39 is 10.0 Å². The molecule has 0 saturated heterocycles. The van der Waals surface area contributed by atoms with Crippen molar-refractivity contribution in [3.8, 4) is 0 Å². The Bertz CT molecular complexity index is 836. The number of nitrogens with one attached hydrogen (secondary N) is 1. The third-order valence-electron chi connectivity index (χ3n) is 4.02. The molecule has 0 aliphatic carbocycles. The minimum Gasteiger partial charge on any atom is -0.356 e. The summed E-state index contributed by atoms with van der Waals surface area (Å²) in [6.45, 7) is 0.585. The lowest BCUT2D eigenvalue weighted by Gasteiger charge is -2.07. The predicted octanol–water partition coefficient (Wildman–Crippen LogP) is 3.06. The minimum atomic E-state index is -3.65. The van der Waals surface area contributed by atoms with Gasteiger partial charge in [-0.25, -0.2) is 13.6 Å². The highest BCUT2D eigenvalue weighted by Gasteiger charge is 2.07.